The molecule has 0 spiro atoms. The molecule has 3 N–H and O–H groups in total. The maximum absolute atomic E-state index is 11.2. The quantitative estimate of drug-likeness (QED) is 0.603. The van der Waals surface area contributed by atoms with Crippen molar-refractivity contribution >= 4 is 11.8 Å². The van der Waals surface area contributed by atoms with Gasteiger partial charge in [-0.3, -0.25) is 9.78 Å². The lowest BCUT2D eigenvalue weighted by atomic mass is 10.2. The average Bonchev–Trinajstić information content (AvgIpc) is 2.15. The van der Waals surface area contributed by atoms with Gasteiger partial charge in [-0.05, 0) is 13.0 Å². The first-order valence-corrected chi connectivity index (χ1v) is 3.94. The van der Waals surface area contributed by atoms with Gasteiger partial charge in [-0.15, -0.1) is 0 Å². The van der Waals surface area contributed by atoms with Gasteiger partial charge < -0.3 is 10.1 Å². The van der Waals surface area contributed by atoms with Crippen molar-refractivity contribution in [2.75, 3.05) is 0 Å². The molecule has 5 heteroatoms. The first-order chi connectivity index (χ1) is 6.60. The van der Waals surface area contributed by atoms with E-state index in [1.807, 2.05) is 4.98 Å². The minimum atomic E-state index is -0.663. The summed E-state index contributed by atoms with van der Waals surface area (Å²) in [4.78, 5) is 26.5. The smallest absolute Gasteiger partial charge is 0.326 e. The molecule has 0 atom stereocenters. The van der Waals surface area contributed by atoms with E-state index in [4.69, 9.17) is 0 Å². The van der Waals surface area contributed by atoms with Crippen LogP contribution in [0.3, 0.4) is 0 Å². The summed E-state index contributed by atoms with van der Waals surface area (Å²) in [6, 6.07) is 0. The fourth-order valence-corrected chi connectivity index (χ4v) is 1.04. The van der Waals surface area contributed by atoms with Gasteiger partial charge >= 0.3 is 5.69 Å². The molecule has 74 valence electrons. The zero-order chi connectivity index (χ0) is 10.7. The Morgan fingerprint density at radius 3 is 2.57 bits per heavy atom. The highest BCUT2D eigenvalue weighted by molar-refractivity contribution is 5.65. The van der Waals surface area contributed by atoms with Gasteiger partial charge in [0.15, 0.2) is 0 Å². The molecule has 1 aromatic heterocycles. The summed E-state index contributed by atoms with van der Waals surface area (Å²) >= 11 is 0. The Kier molecular flexibility index (Phi) is 2.71. The van der Waals surface area contributed by atoms with E-state index in [1.54, 1.807) is 6.92 Å². The number of H-pyrrole nitrogens is 2. The molecule has 0 saturated carbocycles. The standard InChI is InChI=1S/C9H10N2O3/c1-3-5-7(6(12)4-2)10-9(14)11-8(5)13/h3-4,12H,1H2,2H3,(H2,10,11,13,14)/b6-4+. The van der Waals surface area contributed by atoms with E-state index < -0.39 is 11.2 Å². The molecule has 0 unspecified atom stereocenters. The third-order valence-corrected chi connectivity index (χ3v) is 1.71. The fourth-order valence-electron chi connectivity index (χ4n) is 1.04. The molecule has 1 aromatic rings. The van der Waals surface area contributed by atoms with E-state index in [2.05, 4.69) is 11.6 Å². The van der Waals surface area contributed by atoms with E-state index in [0.29, 0.717) is 0 Å². The molecule has 0 fully saturated rings. The van der Waals surface area contributed by atoms with Crippen LogP contribution in [0, 0.1) is 0 Å². The van der Waals surface area contributed by atoms with Crippen molar-refractivity contribution in [3.8, 4) is 0 Å². The number of rotatable bonds is 2. The molecule has 0 aromatic carbocycles. The Hall–Kier alpha value is -2.04. The molecular formula is C9H10N2O3. The van der Waals surface area contributed by atoms with Gasteiger partial charge in [-0.2, -0.15) is 0 Å². The lowest BCUT2D eigenvalue weighted by Gasteiger charge is -2.02. The van der Waals surface area contributed by atoms with Crippen LogP contribution in [-0.4, -0.2) is 15.1 Å². The van der Waals surface area contributed by atoms with Crippen LogP contribution in [0.15, 0.2) is 22.2 Å². The van der Waals surface area contributed by atoms with Gasteiger partial charge in [0.2, 0.25) is 0 Å². The van der Waals surface area contributed by atoms with Crippen molar-refractivity contribution in [1.82, 2.24) is 9.97 Å². The molecule has 0 aliphatic rings. The molecule has 0 aliphatic heterocycles. The molecule has 0 saturated heterocycles. The summed E-state index contributed by atoms with van der Waals surface area (Å²) in [7, 11) is 0. The van der Waals surface area contributed by atoms with Crippen LogP contribution in [0.2, 0.25) is 0 Å². The van der Waals surface area contributed by atoms with Gasteiger partial charge in [-0.25, -0.2) is 4.79 Å². The lowest BCUT2D eigenvalue weighted by Crippen LogP contribution is -2.26. The van der Waals surface area contributed by atoms with E-state index in [9.17, 15) is 14.7 Å². The topological polar surface area (TPSA) is 85.9 Å². The van der Waals surface area contributed by atoms with Gasteiger partial charge in [0.25, 0.3) is 5.56 Å². The van der Waals surface area contributed by atoms with E-state index in [0.717, 1.165) is 0 Å². The minimum Gasteiger partial charge on any atom is -0.506 e. The van der Waals surface area contributed by atoms with Gasteiger partial charge in [0, 0.05) is 0 Å². The van der Waals surface area contributed by atoms with Crippen LogP contribution in [0.1, 0.15) is 18.2 Å². The number of aromatic nitrogens is 2. The Balaban J connectivity index is 3.64. The van der Waals surface area contributed by atoms with Crippen LogP contribution in [0.25, 0.3) is 11.8 Å². The van der Waals surface area contributed by atoms with Crippen molar-refractivity contribution < 1.29 is 5.11 Å². The molecule has 0 radical (unpaired) electrons. The summed E-state index contributed by atoms with van der Waals surface area (Å²) in [5, 5.41) is 9.38. The van der Waals surface area contributed by atoms with Crippen LogP contribution < -0.4 is 11.2 Å². The number of aliphatic hydroxyl groups excluding tert-OH is 1. The van der Waals surface area contributed by atoms with Crippen molar-refractivity contribution in [3.05, 3.63) is 44.8 Å². The van der Waals surface area contributed by atoms with E-state index >= 15 is 0 Å². The summed E-state index contributed by atoms with van der Waals surface area (Å²) in [6.07, 6.45) is 2.64. The Morgan fingerprint density at radius 2 is 2.07 bits per heavy atom. The number of nitrogens with one attached hydrogen (secondary N) is 2. The maximum atomic E-state index is 11.2. The number of aromatic amines is 2. The summed E-state index contributed by atoms with van der Waals surface area (Å²) in [6.45, 7) is 5.00. The number of allylic oxidation sites excluding steroid dienone is 1. The number of hydrogen-bond acceptors (Lipinski definition) is 3. The number of aliphatic hydroxyl groups is 1. The minimum absolute atomic E-state index is 0.0799. The second-order valence-electron chi connectivity index (χ2n) is 2.57. The third-order valence-electron chi connectivity index (χ3n) is 1.71. The molecule has 1 rings (SSSR count). The summed E-state index contributed by atoms with van der Waals surface area (Å²) < 4.78 is 0. The Labute approximate surface area is 79.4 Å². The van der Waals surface area contributed by atoms with Crippen molar-refractivity contribution in [2.24, 2.45) is 0 Å². The summed E-state index contributed by atoms with van der Waals surface area (Å²) in [5.74, 6) is -0.164. The Bertz CT molecular complexity index is 494. The molecule has 0 amide bonds. The molecular weight excluding hydrogens is 184 g/mol. The van der Waals surface area contributed by atoms with Gasteiger partial charge in [-0.1, -0.05) is 12.7 Å². The monoisotopic (exact) mass is 194 g/mol. The fraction of sp³-hybridized carbons (Fsp3) is 0.111. The van der Waals surface area contributed by atoms with Gasteiger partial charge in [0.1, 0.15) is 5.76 Å². The number of hydrogen-bond donors (Lipinski definition) is 3. The average molecular weight is 194 g/mol. The van der Waals surface area contributed by atoms with Crippen LogP contribution in [0.5, 0.6) is 0 Å². The maximum Gasteiger partial charge on any atom is 0.326 e. The predicted octanol–water partition coefficient (Wildman–Crippen LogP) is 0.625. The van der Waals surface area contributed by atoms with Crippen LogP contribution in [-0.2, 0) is 0 Å². The van der Waals surface area contributed by atoms with Crippen molar-refractivity contribution in [3.63, 3.8) is 0 Å². The highest BCUT2D eigenvalue weighted by atomic mass is 16.3. The summed E-state index contributed by atoms with van der Waals surface area (Å²) in [5.41, 5.74) is -1.02. The Morgan fingerprint density at radius 1 is 1.43 bits per heavy atom. The van der Waals surface area contributed by atoms with Crippen molar-refractivity contribution in [1.29, 1.82) is 0 Å². The van der Waals surface area contributed by atoms with Crippen LogP contribution >= 0.6 is 0 Å². The lowest BCUT2D eigenvalue weighted by molar-refractivity contribution is 0.506. The highest BCUT2D eigenvalue weighted by Crippen LogP contribution is 2.09. The zero-order valence-corrected chi connectivity index (χ0v) is 7.63. The van der Waals surface area contributed by atoms with E-state index in [1.165, 1.54) is 12.2 Å². The zero-order valence-electron chi connectivity index (χ0n) is 7.63. The first-order valence-electron chi connectivity index (χ1n) is 3.94. The second kappa shape index (κ2) is 3.78. The predicted molar refractivity (Wildman–Crippen MR) is 54.1 cm³/mol. The molecule has 0 aliphatic carbocycles. The largest absolute Gasteiger partial charge is 0.506 e. The highest BCUT2D eigenvalue weighted by Gasteiger charge is 2.08. The molecule has 0 bridgehead atoms. The van der Waals surface area contributed by atoms with Crippen LogP contribution in [0.4, 0.5) is 0 Å². The molecule has 5 nitrogen and oxygen atoms in total. The normalized spacial score (nSPS) is 11.4. The van der Waals surface area contributed by atoms with Crippen molar-refractivity contribution in [2.45, 2.75) is 6.92 Å². The first kappa shape index (κ1) is 10.0. The third kappa shape index (κ3) is 1.66. The SMILES string of the molecule is C=Cc1c(/C(O)=C\C)[nH]c(=O)[nH]c1=O. The second-order valence-corrected chi connectivity index (χ2v) is 2.57. The van der Waals surface area contributed by atoms with Gasteiger partial charge in [0.05, 0.1) is 11.3 Å². The molecule has 14 heavy (non-hydrogen) atoms. The molecule has 1 heterocycles. The van der Waals surface area contributed by atoms with E-state index in [-0.39, 0.29) is 17.0 Å².